The average Bonchev–Trinajstić information content (AvgIpc) is 2.63. The number of nitrogens with one attached hydrogen (secondary N) is 1. The van der Waals surface area contributed by atoms with Gasteiger partial charge >= 0.3 is 5.97 Å². The number of aromatic nitrogens is 1. The molecule has 3 rings (SSSR count). The number of carbonyl (C=O) groups is 1. The number of methoxy groups -OCH3 is 1. The number of fused-ring (bicyclic) bond motifs is 1. The van der Waals surface area contributed by atoms with E-state index in [1.165, 1.54) is 0 Å². The molecule has 2 N–H and O–H groups in total. The van der Waals surface area contributed by atoms with Crippen LogP contribution in [0.3, 0.4) is 0 Å². The van der Waals surface area contributed by atoms with Crippen molar-refractivity contribution in [2.24, 2.45) is 5.41 Å². The first-order chi connectivity index (χ1) is 12.5. The summed E-state index contributed by atoms with van der Waals surface area (Å²) in [7, 11) is 1.64. The van der Waals surface area contributed by atoms with Crippen LogP contribution in [0.2, 0.25) is 5.02 Å². The number of carboxylic acid groups (broad SMARTS) is 1. The van der Waals surface area contributed by atoms with Gasteiger partial charge in [-0.1, -0.05) is 11.6 Å². The van der Waals surface area contributed by atoms with E-state index in [-0.39, 0.29) is 11.8 Å². The maximum atomic E-state index is 11.3. The van der Waals surface area contributed by atoms with Crippen molar-refractivity contribution in [3.8, 4) is 5.75 Å². The second-order valence-electron chi connectivity index (χ2n) is 7.14. The highest BCUT2D eigenvalue weighted by Gasteiger charge is 2.33. The van der Waals surface area contributed by atoms with Gasteiger partial charge in [0.15, 0.2) is 0 Å². The van der Waals surface area contributed by atoms with E-state index in [0.717, 1.165) is 67.4 Å². The van der Waals surface area contributed by atoms with Crippen molar-refractivity contribution in [1.82, 2.24) is 10.3 Å². The van der Waals surface area contributed by atoms with E-state index in [9.17, 15) is 9.90 Å². The summed E-state index contributed by atoms with van der Waals surface area (Å²) in [6.45, 7) is 1.78. The highest BCUT2D eigenvalue weighted by Crippen LogP contribution is 2.39. The Morgan fingerprint density at radius 3 is 2.85 bits per heavy atom. The first-order valence-electron chi connectivity index (χ1n) is 9.07. The second kappa shape index (κ2) is 8.23. The Kier molecular flexibility index (Phi) is 5.99. The van der Waals surface area contributed by atoms with E-state index in [1.54, 1.807) is 13.3 Å². The number of ether oxygens (including phenoxy) is 1. The van der Waals surface area contributed by atoms with Gasteiger partial charge in [0, 0.05) is 11.6 Å². The van der Waals surface area contributed by atoms with Crippen molar-refractivity contribution >= 4 is 28.5 Å². The number of rotatable bonds is 7. The molecule has 2 aromatic rings. The van der Waals surface area contributed by atoms with Crippen molar-refractivity contribution in [2.75, 3.05) is 20.2 Å². The minimum Gasteiger partial charge on any atom is -0.497 e. The predicted molar refractivity (Wildman–Crippen MR) is 103 cm³/mol. The normalized spacial score (nSPS) is 16.5. The van der Waals surface area contributed by atoms with E-state index < -0.39 is 5.97 Å². The summed E-state index contributed by atoms with van der Waals surface area (Å²) in [5.41, 5.74) is 1.85. The van der Waals surface area contributed by atoms with Crippen LogP contribution >= 0.6 is 11.6 Å². The predicted octanol–water partition coefficient (Wildman–Crippen LogP) is 4.06. The second-order valence-corrected chi connectivity index (χ2v) is 7.55. The molecule has 0 unspecified atom stereocenters. The molecule has 0 spiro atoms. The first-order valence-corrected chi connectivity index (χ1v) is 9.44. The molecule has 1 aromatic carbocycles. The molecular formula is C20H25ClN2O3. The summed E-state index contributed by atoms with van der Waals surface area (Å²) in [6.07, 6.45) is 6.38. The molecule has 0 radical (unpaired) electrons. The number of nitrogens with zero attached hydrogens (tertiary/aromatic N) is 1. The van der Waals surface area contributed by atoms with Crippen molar-refractivity contribution in [2.45, 2.75) is 38.5 Å². The zero-order valence-electron chi connectivity index (χ0n) is 15.1. The third-order valence-corrected chi connectivity index (χ3v) is 5.78. The van der Waals surface area contributed by atoms with E-state index in [4.69, 9.17) is 16.3 Å². The topological polar surface area (TPSA) is 71.5 Å². The van der Waals surface area contributed by atoms with Crippen LogP contribution < -0.4 is 10.1 Å². The number of pyridine rings is 1. The lowest BCUT2D eigenvalue weighted by Crippen LogP contribution is -2.38. The summed E-state index contributed by atoms with van der Waals surface area (Å²) >= 11 is 6.43. The van der Waals surface area contributed by atoms with Gasteiger partial charge in [-0.05, 0) is 74.4 Å². The zero-order valence-corrected chi connectivity index (χ0v) is 15.8. The number of hydrogen-bond donors (Lipinski definition) is 2. The summed E-state index contributed by atoms with van der Waals surface area (Å²) < 4.78 is 5.33. The summed E-state index contributed by atoms with van der Waals surface area (Å²) in [6, 6.07) is 5.80. The summed E-state index contributed by atoms with van der Waals surface area (Å²) in [5, 5.41) is 14.3. The lowest BCUT2D eigenvalue weighted by Gasteiger charge is -2.36. The fraction of sp³-hybridized carbons (Fsp3) is 0.500. The van der Waals surface area contributed by atoms with Crippen LogP contribution in [-0.4, -0.2) is 36.3 Å². The molecule has 2 heterocycles. The molecule has 0 bridgehead atoms. The maximum Gasteiger partial charge on any atom is 0.303 e. The fourth-order valence-corrected chi connectivity index (χ4v) is 4.26. The molecule has 1 aliphatic heterocycles. The Bertz CT molecular complexity index is 788. The molecule has 26 heavy (non-hydrogen) atoms. The number of aryl methyl sites for hydroxylation is 1. The van der Waals surface area contributed by atoms with E-state index >= 15 is 0 Å². The number of benzene rings is 1. The van der Waals surface area contributed by atoms with Gasteiger partial charge in [0.1, 0.15) is 5.75 Å². The Labute approximate surface area is 158 Å². The molecule has 140 valence electrons. The third-order valence-electron chi connectivity index (χ3n) is 5.46. The van der Waals surface area contributed by atoms with Gasteiger partial charge in [-0.15, -0.1) is 0 Å². The summed E-state index contributed by atoms with van der Waals surface area (Å²) in [4.78, 5) is 15.7. The fourth-order valence-electron chi connectivity index (χ4n) is 4.02. The van der Waals surface area contributed by atoms with Crippen LogP contribution in [-0.2, 0) is 11.2 Å². The largest absolute Gasteiger partial charge is 0.497 e. The quantitative estimate of drug-likeness (QED) is 0.762. The van der Waals surface area contributed by atoms with Crippen molar-refractivity contribution in [3.05, 3.63) is 35.0 Å². The molecule has 1 aromatic heterocycles. The first kappa shape index (κ1) is 18.9. The van der Waals surface area contributed by atoms with Crippen LogP contribution in [0.25, 0.3) is 10.9 Å². The molecule has 0 atom stereocenters. The molecule has 1 aliphatic rings. The average molecular weight is 377 g/mol. The minimum atomic E-state index is -0.705. The molecule has 0 amide bonds. The molecular weight excluding hydrogens is 352 g/mol. The lowest BCUT2D eigenvalue weighted by molar-refractivity contribution is -0.140. The standard InChI is InChI=1S/C20H25ClN2O3/c1-26-14-4-5-18-16(11-14)15(17(21)13-23-18)3-2-6-20(12-19(24)25)7-9-22-10-8-20/h4-5,11,13,22H,2-3,6-10,12H2,1H3,(H,24,25). The number of halogens is 1. The SMILES string of the molecule is COc1ccc2ncc(Cl)c(CCCC3(CC(=O)O)CCNCC3)c2c1. The van der Waals surface area contributed by atoms with Crippen LogP contribution in [0, 0.1) is 5.41 Å². The van der Waals surface area contributed by atoms with Gasteiger partial charge in [-0.2, -0.15) is 0 Å². The van der Waals surface area contributed by atoms with Gasteiger partial charge in [0.05, 0.1) is 24.1 Å². The van der Waals surface area contributed by atoms with Crippen LogP contribution in [0.4, 0.5) is 0 Å². The Morgan fingerprint density at radius 2 is 2.15 bits per heavy atom. The Hall–Kier alpha value is -1.85. The zero-order chi connectivity index (χ0) is 18.6. The van der Waals surface area contributed by atoms with Crippen LogP contribution in [0.15, 0.2) is 24.4 Å². The van der Waals surface area contributed by atoms with E-state index in [0.29, 0.717) is 5.02 Å². The van der Waals surface area contributed by atoms with Crippen molar-refractivity contribution in [3.63, 3.8) is 0 Å². The van der Waals surface area contributed by atoms with Crippen LogP contribution in [0.5, 0.6) is 5.75 Å². The Morgan fingerprint density at radius 1 is 1.38 bits per heavy atom. The molecule has 1 saturated heterocycles. The Balaban J connectivity index is 1.78. The van der Waals surface area contributed by atoms with Gasteiger partial charge in [-0.25, -0.2) is 0 Å². The van der Waals surface area contributed by atoms with E-state index in [1.807, 2.05) is 18.2 Å². The molecule has 1 fully saturated rings. The molecule has 5 nitrogen and oxygen atoms in total. The molecule has 0 saturated carbocycles. The molecule has 0 aliphatic carbocycles. The van der Waals surface area contributed by atoms with Crippen molar-refractivity contribution in [1.29, 1.82) is 0 Å². The highest BCUT2D eigenvalue weighted by atomic mass is 35.5. The van der Waals surface area contributed by atoms with Gasteiger partial charge in [0.25, 0.3) is 0 Å². The maximum absolute atomic E-state index is 11.3. The van der Waals surface area contributed by atoms with E-state index in [2.05, 4.69) is 10.3 Å². The van der Waals surface area contributed by atoms with Gasteiger partial charge in [0.2, 0.25) is 0 Å². The highest BCUT2D eigenvalue weighted by molar-refractivity contribution is 6.32. The summed E-state index contributed by atoms with van der Waals surface area (Å²) in [5.74, 6) is 0.0764. The minimum absolute atomic E-state index is 0.107. The number of aliphatic carboxylic acids is 1. The van der Waals surface area contributed by atoms with Crippen molar-refractivity contribution < 1.29 is 14.6 Å². The molecule has 6 heteroatoms. The monoisotopic (exact) mass is 376 g/mol. The smallest absolute Gasteiger partial charge is 0.303 e. The lowest BCUT2D eigenvalue weighted by atomic mass is 9.72. The number of carboxylic acids is 1. The van der Waals surface area contributed by atoms with Crippen LogP contribution in [0.1, 0.15) is 37.7 Å². The van der Waals surface area contributed by atoms with Gasteiger partial charge in [-0.3, -0.25) is 9.78 Å². The number of piperidine rings is 1. The third kappa shape index (κ3) is 4.27. The van der Waals surface area contributed by atoms with Gasteiger partial charge < -0.3 is 15.2 Å². The number of hydrogen-bond acceptors (Lipinski definition) is 4.